The fourth-order valence-corrected chi connectivity index (χ4v) is 5.10. The molecule has 2 atom stereocenters. The molecule has 2 aromatic rings. The van der Waals surface area contributed by atoms with Crippen LogP contribution in [0.1, 0.15) is 30.2 Å². The summed E-state index contributed by atoms with van der Waals surface area (Å²) in [6.07, 6.45) is 0.593. The van der Waals surface area contributed by atoms with Gasteiger partial charge < -0.3 is 10.0 Å². The van der Waals surface area contributed by atoms with E-state index in [9.17, 15) is 5.11 Å². The van der Waals surface area contributed by atoms with E-state index in [0.29, 0.717) is 6.42 Å². The highest BCUT2D eigenvalue weighted by molar-refractivity contribution is 8.93. The van der Waals surface area contributed by atoms with Gasteiger partial charge in [0.1, 0.15) is 0 Å². The van der Waals surface area contributed by atoms with Gasteiger partial charge in [0, 0.05) is 24.9 Å². The quantitative estimate of drug-likeness (QED) is 0.764. The topological polar surface area (TPSA) is 35.8 Å². The Labute approximate surface area is 170 Å². The molecule has 2 aromatic carbocycles. The Balaban J connectivity index is 0.00000196. The van der Waals surface area contributed by atoms with Crippen molar-refractivity contribution in [3.8, 4) is 0 Å². The number of amidine groups is 1. The molecule has 0 bridgehead atoms. The maximum absolute atomic E-state index is 11.9. The van der Waals surface area contributed by atoms with Crippen molar-refractivity contribution in [2.24, 2.45) is 10.4 Å². The second-order valence-electron chi connectivity index (χ2n) is 7.80. The van der Waals surface area contributed by atoms with Crippen LogP contribution in [0.15, 0.2) is 65.7 Å². The number of hydrogen-bond donors (Lipinski definition) is 1. The van der Waals surface area contributed by atoms with Crippen LogP contribution in [-0.2, 0) is 6.42 Å². The van der Waals surface area contributed by atoms with Gasteiger partial charge in [-0.15, -0.1) is 17.0 Å². The summed E-state index contributed by atoms with van der Waals surface area (Å²) in [6.45, 7) is 6.08. The number of halogens is 1. The summed E-state index contributed by atoms with van der Waals surface area (Å²) >= 11 is 1.70. The third-order valence-corrected chi connectivity index (χ3v) is 6.43. The first-order chi connectivity index (χ1) is 12.0. The Morgan fingerprint density at radius 2 is 1.69 bits per heavy atom. The number of nitrogens with zero attached hydrogens (tertiary/aromatic N) is 2. The lowest BCUT2D eigenvalue weighted by atomic mass is 9.87. The van der Waals surface area contributed by atoms with Crippen molar-refractivity contribution < 1.29 is 5.11 Å². The molecule has 4 rings (SSSR count). The lowest BCUT2D eigenvalue weighted by Gasteiger charge is -2.43. The van der Waals surface area contributed by atoms with Gasteiger partial charge in [0.2, 0.25) is 0 Å². The van der Waals surface area contributed by atoms with E-state index < -0.39 is 5.72 Å². The Morgan fingerprint density at radius 1 is 1.08 bits per heavy atom. The van der Waals surface area contributed by atoms with E-state index in [1.54, 1.807) is 11.8 Å². The minimum Gasteiger partial charge on any atom is -0.369 e. The molecule has 138 valence electrons. The highest BCUT2D eigenvalue weighted by Gasteiger charge is 2.54. The second kappa shape index (κ2) is 7.37. The Hall–Kier alpha value is -1.30. The molecule has 0 spiro atoms. The monoisotopic (exact) mass is 432 g/mol. The van der Waals surface area contributed by atoms with Crippen LogP contribution >= 0.6 is 28.7 Å². The zero-order valence-electron chi connectivity index (χ0n) is 15.1. The largest absolute Gasteiger partial charge is 0.369 e. The first-order valence-electron chi connectivity index (χ1n) is 8.78. The predicted molar refractivity (Wildman–Crippen MR) is 115 cm³/mol. The molecule has 3 nitrogen and oxygen atoms in total. The zero-order valence-corrected chi connectivity index (χ0v) is 17.7. The van der Waals surface area contributed by atoms with E-state index in [1.807, 2.05) is 36.4 Å². The van der Waals surface area contributed by atoms with E-state index in [2.05, 4.69) is 43.0 Å². The average Bonchev–Trinajstić information content (AvgIpc) is 2.88. The van der Waals surface area contributed by atoms with Crippen LogP contribution in [0.3, 0.4) is 0 Å². The number of aliphatic imine (C=N–C) groups is 1. The van der Waals surface area contributed by atoms with Crippen molar-refractivity contribution in [3.63, 3.8) is 0 Å². The van der Waals surface area contributed by atoms with Gasteiger partial charge in [0.05, 0.1) is 5.25 Å². The van der Waals surface area contributed by atoms with E-state index in [4.69, 9.17) is 4.99 Å². The van der Waals surface area contributed by atoms with Crippen LogP contribution < -0.4 is 0 Å². The molecular formula is C21H25BrN2OS. The first-order valence-corrected chi connectivity index (χ1v) is 9.66. The standard InChI is InChI=1S/C21H24N2OS.BrH/c1-20(2)14-22-19-23(15-20)21(24,13-16-9-5-3-6-10-16)18(25-19)17-11-7-4-8-12-17;/h3-12,18,24H,13-15H2,1-2H3;1H. The molecular weight excluding hydrogens is 408 g/mol. The molecule has 0 aromatic heterocycles. The summed E-state index contributed by atoms with van der Waals surface area (Å²) in [4.78, 5) is 6.95. The minimum absolute atomic E-state index is 0. The van der Waals surface area contributed by atoms with Crippen LogP contribution in [-0.4, -0.2) is 34.0 Å². The molecule has 1 saturated heterocycles. The third-order valence-electron chi connectivity index (χ3n) is 4.98. The lowest BCUT2D eigenvalue weighted by molar-refractivity contribution is -0.0781. The molecule has 1 fully saturated rings. The maximum atomic E-state index is 11.9. The Morgan fingerprint density at radius 3 is 2.35 bits per heavy atom. The number of rotatable bonds is 3. The van der Waals surface area contributed by atoms with Crippen molar-refractivity contribution in [1.82, 2.24) is 4.90 Å². The normalized spacial score (nSPS) is 26.7. The van der Waals surface area contributed by atoms with Gasteiger partial charge in [-0.1, -0.05) is 86.3 Å². The van der Waals surface area contributed by atoms with Gasteiger partial charge in [-0.05, 0) is 11.1 Å². The van der Waals surface area contributed by atoms with Gasteiger partial charge >= 0.3 is 0 Å². The molecule has 0 saturated carbocycles. The molecule has 1 N–H and O–H groups in total. The molecule has 2 heterocycles. The average molecular weight is 433 g/mol. The number of fused-ring (bicyclic) bond motifs is 1. The minimum atomic E-state index is -0.968. The number of benzene rings is 2. The number of hydrogen-bond acceptors (Lipinski definition) is 4. The SMILES string of the molecule is Br.CC1(C)CN=C2SC(c3ccccc3)C(O)(Cc3ccccc3)N2C1. The van der Waals surface area contributed by atoms with Crippen LogP contribution in [0, 0.1) is 5.41 Å². The van der Waals surface area contributed by atoms with E-state index >= 15 is 0 Å². The summed E-state index contributed by atoms with van der Waals surface area (Å²) in [5.41, 5.74) is 1.40. The predicted octanol–water partition coefficient (Wildman–Crippen LogP) is 4.68. The third kappa shape index (κ3) is 3.57. The molecule has 2 unspecified atom stereocenters. The van der Waals surface area contributed by atoms with E-state index in [1.165, 1.54) is 0 Å². The van der Waals surface area contributed by atoms with Crippen molar-refractivity contribution in [1.29, 1.82) is 0 Å². The van der Waals surface area contributed by atoms with Gasteiger partial charge in [-0.25, -0.2) is 0 Å². The fourth-order valence-electron chi connectivity index (χ4n) is 3.70. The fraction of sp³-hybridized carbons (Fsp3) is 0.381. The highest BCUT2D eigenvalue weighted by atomic mass is 79.9. The van der Waals surface area contributed by atoms with Crippen molar-refractivity contribution in [3.05, 3.63) is 71.8 Å². The van der Waals surface area contributed by atoms with Gasteiger partial charge in [-0.3, -0.25) is 4.99 Å². The molecule has 0 aliphatic carbocycles. The highest BCUT2D eigenvalue weighted by Crippen LogP contribution is 2.52. The number of aliphatic hydroxyl groups is 1. The van der Waals surface area contributed by atoms with Gasteiger partial charge in [0.25, 0.3) is 0 Å². The maximum Gasteiger partial charge on any atom is 0.162 e. The van der Waals surface area contributed by atoms with Gasteiger partial charge in [-0.2, -0.15) is 0 Å². The van der Waals surface area contributed by atoms with E-state index in [0.717, 1.165) is 29.4 Å². The summed E-state index contributed by atoms with van der Waals surface area (Å²) in [7, 11) is 0. The van der Waals surface area contributed by atoms with Crippen LogP contribution in [0.4, 0.5) is 0 Å². The number of thioether (sulfide) groups is 1. The zero-order chi connectivity index (χ0) is 17.5. The molecule has 0 radical (unpaired) electrons. The Kier molecular flexibility index (Phi) is 5.52. The summed E-state index contributed by atoms with van der Waals surface area (Å²) < 4.78 is 0. The summed E-state index contributed by atoms with van der Waals surface area (Å²) in [5.74, 6) is 0. The summed E-state index contributed by atoms with van der Waals surface area (Å²) in [5, 5.41) is 12.8. The Bertz CT molecular complexity index is 781. The molecule has 5 heteroatoms. The summed E-state index contributed by atoms with van der Waals surface area (Å²) in [6, 6.07) is 20.6. The van der Waals surface area contributed by atoms with Crippen LogP contribution in [0.25, 0.3) is 0 Å². The van der Waals surface area contributed by atoms with Crippen molar-refractivity contribution in [2.45, 2.75) is 31.2 Å². The lowest BCUT2D eigenvalue weighted by Crippen LogP contribution is -2.55. The molecule has 2 aliphatic heterocycles. The van der Waals surface area contributed by atoms with Crippen molar-refractivity contribution >= 4 is 33.9 Å². The van der Waals surface area contributed by atoms with E-state index in [-0.39, 0.29) is 27.6 Å². The van der Waals surface area contributed by atoms with Crippen molar-refractivity contribution in [2.75, 3.05) is 13.1 Å². The molecule has 0 amide bonds. The van der Waals surface area contributed by atoms with Gasteiger partial charge in [0.15, 0.2) is 10.9 Å². The smallest absolute Gasteiger partial charge is 0.162 e. The van der Waals surface area contributed by atoms with Crippen LogP contribution in [0.5, 0.6) is 0 Å². The van der Waals surface area contributed by atoms with Crippen LogP contribution in [0.2, 0.25) is 0 Å². The molecule has 2 aliphatic rings. The second-order valence-corrected chi connectivity index (χ2v) is 8.87. The first kappa shape index (κ1) is 19.5. The molecule has 26 heavy (non-hydrogen) atoms.